The fourth-order valence-corrected chi connectivity index (χ4v) is 3.06. The van der Waals surface area contributed by atoms with Gasteiger partial charge in [-0.2, -0.15) is 0 Å². The fourth-order valence-electron chi connectivity index (χ4n) is 3.06. The van der Waals surface area contributed by atoms with Crippen LogP contribution in [0.4, 0.5) is 5.88 Å². The molecular weight excluding hydrogens is 332 g/mol. The maximum Gasteiger partial charge on any atom is 0.200 e. The average molecular weight is 352 g/mol. The molecule has 134 valence electrons. The van der Waals surface area contributed by atoms with E-state index in [4.69, 9.17) is 13.9 Å². The van der Waals surface area contributed by atoms with E-state index in [0.29, 0.717) is 55.5 Å². The summed E-state index contributed by atoms with van der Waals surface area (Å²) in [6.07, 6.45) is 3.47. The summed E-state index contributed by atoms with van der Waals surface area (Å²) in [5.74, 6) is 1.29. The molecule has 3 heterocycles. The zero-order valence-electron chi connectivity index (χ0n) is 14.6. The number of rotatable bonds is 4. The summed E-state index contributed by atoms with van der Waals surface area (Å²) in [4.78, 5) is 18.6. The molecule has 2 aromatic heterocycles. The maximum atomic E-state index is 12.5. The lowest BCUT2D eigenvalue weighted by molar-refractivity contribution is 0.121. The summed E-state index contributed by atoms with van der Waals surface area (Å²) in [5.41, 5.74) is 2.38. The number of pyridine rings is 1. The van der Waals surface area contributed by atoms with E-state index in [1.165, 1.54) is 0 Å². The maximum absolute atomic E-state index is 12.5. The van der Waals surface area contributed by atoms with Gasteiger partial charge in [0, 0.05) is 37.1 Å². The number of ether oxygens (including phenoxy) is 2. The van der Waals surface area contributed by atoms with Crippen LogP contribution in [0, 0.1) is 6.92 Å². The predicted octanol–water partition coefficient (Wildman–Crippen LogP) is 2.91. The molecule has 26 heavy (non-hydrogen) atoms. The van der Waals surface area contributed by atoms with E-state index in [9.17, 15) is 4.79 Å². The van der Waals surface area contributed by atoms with Crippen LogP contribution in [0.15, 0.2) is 51.9 Å². The SMILES string of the molecule is Cc1c(OCc2ccncc2)ccc2c(=O)cc(N3CCOCC3)oc12. The Balaban J connectivity index is 1.67. The van der Waals surface area contributed by atoms with Gasteiger partial charge in [0.15, 0.2) is 11.3 Å². The average Bonchev–Trinajstić information content (AvgIpc) is 2.69. The van der Waals surface area contributed by atoms with Gasteiger partial charge in [-0.25, -0.2) is 0 Å². The van der Waals surface area contributed by atoms with Gasteiger partial charge in [0.25, 0.3) is 0 Å². The van der Waals surface area contributed by atoms with Gasteiger partial charge in [-0.1, -0.05) is 0 Å². The van der Waals surface area contributed by atoms with E-state index < -0.39 is 0 Å². The summed E-state index contributed by atoms with van der Waals surface area (Å²) in [5, 5.41) is 0.566. The molecule has 0 aliphatic carbocycles. The lowest BCUT2D eigenvalue weighted by Crippen LogP contribution is -2.36. The molecule has 1 fully saturated rings. The van der Waals surface area contributed by atoms with Crippen molar-refractivity contribution in [2.45, 2.75) is 13.5 Å². The van der Waals surface area contributed by atoms with Gasteiger partial charge >= 0.3 is 0 Å². The van der Waals surface area contributed by atoms with Crippen LogP contribution in [0.5, 0.6) is 5.75 Å². The number of hydrogen-bond donors (Lipinski definition) is 0. The van der Waals surface area contributed by atoms with Crippen molar-refractivity contribution in [3.05, 3.63) is 64.1 Å². The molecular formula is C20H20N2O4. The molecule has 1 aromatic carbocycles. The van der Waals surface area contributed by atoms with E-state index in [1.54, 1.807) is 24.5 Å². The third-order valence-electron chi connectivity index (χ3n) is 4.55. The highest BCUT2D eigenvalue weighted by Gasteiger charge is 2.17. The first-order chi connectivity index (χ1) is 12.7. The van der Waals surface area contributed by atoms with E-state index in [-0.39, 0.29) is 5.43 Å². The molecule has 1 aliphatic heterocycles. The second-order valence-corrected chi connectivity index (χ2v) is 6.26. The van der Waals surface area contributed by atoms with Crippen LogP contribution in [0.1, 0.15) is 11.1 Å². The number of aromatic nitrogens is 1. The van der Waals surface area contributed by atoms with Crippen molar-refractivity contribution in [1.82, 2.24) is 4.98 Å². The Labute approximate surface area is 151 Å². The first-order valence-electron chi connectivity index (χ1n) is 8.64. The van der Waals surface area contributed by atoms with E-state index in [0.717, 1.165) is 11.1 Å². The molecule has 0 atom stereocenters. The van der Waals surface area contributed by atoms with Crippen LogP contribution in [-0.2, 0) is 11.3 Å². The van der Waals surface area contributed by atoms with Crippen molar-refractivity contribution in [3.8, 4) is 5.75 Å². The van der Waals surface area contributed by atoms with Gasteiger partial charge in [-0.15, -0.1) is 0 Å². The molecule has 0 saturated carbocycles. The highest BCUT2D eigenvalue weighted by molar-refractivity contribution is 5.82. The summed E-state index contributed by atoms with van der Waals surface area (Å²) in [7, 11) is 0. The Morgan fingerprint density at radius 2 is 1.92 bits per heavy atom. The van der Waals surface area contributed by atoms with Gasteiger partial charge in [0.2, 0.25) is 0 Å². The largest absolute Gasteiger partial charge is 0.488 e. The molecule has 6 heteroatoms. The van der Waals surface area contributed by atoms with Crippen LogP contribution >= 0.6 is 0 Å². The number of nitrogens with zero attached hydrogens (tertiary/aromatic N) is 2. The Morgan fingerprint density at radius 3 is 2.69 bits per heavy atom. The highest BCUT2D eigenvalue weighted by Crippen LogP contribution is 2.29. The van der Waals surface area contributed by atoms with Crippen molar-refractivity contribution >= 4 is 16.9 Å². The molecule has 1 aliphatic rings. The van der Waals surface area contributed by atoms with Crippen LogP contribution in [0.25, 0.3) is 11.0 Å². The number of hydrogen-bond acceptors (Lipinski definition) is 6. The highest BCUT2D eigenvalue weighted by atomic mass is 16.5. The van der Waals surface area contributed by atoms with Crippen LogP contribution < -0.4 is 15.1 Å². The second-order valence-electron chi connectivity index (χ2n) is 6.26. The molecule has 3 aromatic rings. The van der Waals surface area contributed by atoms with Crippen molar-refractivity contribution < 1.29 is 13.9 Å². The summed E-state index contributed by atoms with van der Waals surface area (Å²) >= 11 is 0. The monoisotopic (exact) mass is 352 g/mol. The van der Waals surface area contributed by atoms with Crippen molar-refractivity contribution in [1.29, 1.82) is 0 Å². The summed E-state index contributed by atoms with van der Waals surface area (Å²) < 4.78 is 17.4. The van der Waals surface area contributed by atoms with E-state index in [1.807, 2.05) is 30.0 Å². The molecule has 1 saturated heterocycles. The van der Waals surface area contributed by atoms with E-state index >= 15 is 0 Å². The van der Waals surface area contributed by atoms with Gasteiger partial charge < -0.3 is 18.8 Å². The molecule has 6 nitrogen and oxygen atoms in total. The topological polar surface area (TPSA) is 64.8 Å². The van der Waals surface area contributed by atoms with Crippen LogP contribution in [0.2, 0.25) is 0 Å². The lowest BCUT2D eigenvalue weighted by Gasteiger charge is -2.27. The first kappa shape index (κ1) is 16.6. The number of anilines is 1. The zero-order chi connectivity index (χ0) is 17.9. The molecule has 4 rings (SSSR count). The molecule has 0 unspecified atom stereocenters. The molecule has 0 radical (unpaired) electrons. The molecule has 0 N–H and O–H groups in total. The molecule has 0 spiro atoms. The standard InChI is InChI=1S/C20H20N2O4/c1-14-18(25-13-15-4-6-21-7-5-15)3-2-16-17(23)12-19(26-20(14)16)22-8-10-24-11-9-22/h2-7,12H,8-11,13H2,1H3. The van der Waals surface area contributed by atoms with Crippen molar-refractivity contribution in [3.63, 3.8) is 0 Å². The lowest BCUT2D eigenvalue weighted by atomic mass is 10.1. The third kappa shape index (κ3) is 3.28. The van der Waals surface area contributed by atoms with Crippen molar-refractivity contribution in [2.24, 2.45) is 0 Å². The first-order valence-corrected chi connectivity index (χ1v) is 8.64. The predicted molar refractivity (Wildman–Crippen MR) is 98.8 cm³/mol. The van der Waals surface area contributed by atoms with Gasteiger partial charge in [0.1, 0.15) is 17.9 Å². The van der Waals surface area contributed by atoms with Crippen molar-refractivity contribution in [2.75, 3.05) is 31.2 Å². The van der Waals surface area contributed by atoms with E-state index in [2.05, 4.69) is 4.98 Å². The van der Waals surface area contributed by atoms with Gasteiger partial charge in [-0.05, 0) is 36.8 Å². The smallest absolute Gasteiger partial charge is 0.200 e. The number of fused-ring (bicyclic) bond motifs is 1. The quantitative estimate of drug-likeness (QED) is 0.719. The minimum Gasteiger partial charge on any atom is -0.488 e. The van der Waals surface area contributed by atoms with Gasteiger partial charge in [0.05, 0.1) is 18.6 Å². The third-order valence-corrected chi connectivity index (χ3v) is 4.55. The normalized spacial score (nSPS) is 14.6. The van der Waals surface area contributed by atoms with Crippen LogP contribution in [0.3, 0.4) is 0 Å². The molecule has 0 amide bonds. The summed E-state index contributed by atoms with van der Waals surface area (Å²) in [6, 6.07) is 8.97. The Bertz CT molecular complexity index is 963. The minimum atomic E-state index is -0.0449. The molecule has 0 bridgehead atoms. The minimum absolute atomic E-state index is 0.0449. The summed E-state index contributed by atoms with van der Waals surface area (Å²) in [6.45, 7) is 5.04. The van der Waals surface area contributed by atoms with Gasteiger partial charge in [-0.3, -0.25) is 9.78 Å². The number of morpholine rings is 1. The Hall–Kier alpha value is -2.86. The Morgan fingerprint density at radius 1 is 1.15 bits per heavy atom. The Kier molecular flexibility index (Phi) is 4.58. The fraction of sp³-hybridized carbons (Fsp3) is 0.300. The number of benzene rings is 1. The second kappa shape index (κ2) is 7.17. The number of aryl methyl sites for hydroxylation is 1. The van der Waals surface area contributed by atoms with Crippen LogP contribution in [-0.4, -0.2) is 31.3 Å². The zero-order valence-corrected chi connectivity index (χ0v) is 14.6.